The maximum atomic E-state index is 8.75. The van der Waals surface area contributed by atoms with Crippen molar-refractivity contribution in [2.45, 2.75) is 5.88 Å². The molecule has 0 aliphatic heterocycles. The highest BCUT2D eigenvalue weighted by Crippen LogP contribution is 2.20. The van der Waals surface area contributed by atoms with E-state index in [1.165, 1.54) is 0 Å². The number of hydrazone groups is 1. The Bertz CT molecular complexity index is 731. The number of nitrogens with zero attached hydrogens (tertiary/aromatic N) is 4. The molecule has 0 aliphatic rings. The van der Waals surface area contributed by atoms with Crippen LogP contribution in [0.5, 0.6) is 0 Å². The van der Waals surface area contributed by atoms with Crippen LogP contribution in [-0.2, 0) is 5.88 Å². The molecule has 4 N–H and O–H groups in total. The van der Waals surface area contributed by atoms with Gasteiger partial charge in [-0.05, 0) is 12.1 Å². The van der Waals surface area contributed by atoms with Crippen molar-refractivity contribution in [3.63, 3.8) is 0 Å². The van der Waals surface area contributed by atoms with Crippen molar-refractivity contribution in [3.8, 4) is 17.5 Å². The summed E-state index contributed by atoms with van der Waals surface area (Å²) >= 11 is 5.60. The van der Waals surface area contributed by atoms with Crippen LogP contribution in [0.25, 0.3) is 11.4 Å². The molecule has 0 aliphatic carbocycles. The lowest BCUT2D eigenvalue weighted by Crippen LogP contribution is -2.21. The molecule has 0 bridgehead atoms. The molecule has 0 fully saturated rings. The van der Waals surface area contributed by atoms with Crippen LogP contribution < -0.4 is 11.2 Å². The van der Waals surface area contributed by atoms with Crippen molar-refractivity contribution >= 4 is 28.8 Å². The Kier molecular flexibility index (Phi) is 4.48. The van der Waals surface area contributed by atoms with E-state index in [0.29, 0.717) is 23.0 Å². The predicted octanol–water partition coefficient (Wildman–Crippen LogP) is 1.70. The van der Waals surface area contributed by atoms with Gasteiger partial charge in [-0.1, -0.05) is 17.3 Å². The average Bonchev–Trinajstić information content (AvgIpc) is 2.97. The number of rotatable bonds is 5. The third-order valence-electron chi connectivity index (χ3n) is 2.36. The predicted molar refractivity (Wildman–Crippen MR) is 77.9 cm³/mol. The number of nitrogens with one attached hydrogen (secondary N) is 2. The minimum absolute atomic E-state index is 0.138. The molecule has 21 heavy (non-hydrogen) atoms. The fraction of sp³-hybridized carbons (Fsp3) is 0.0833. The summed E-state index contributed by atoms with van der Waals surface area (Å²) in [5.74, 6) is 0.446. The first-order valence-electron chi connectivity index (χ1n) is 5.71. The van der Waals surface area contributed by atoms with E-state index in [1.807, 2.05) is 0 Å². The van der Waals surface area contributed by atoms with Gasteiger partial charge in [0.2, 0.25) is 17.4 Å². The number of nitriles is 1. The molecule has 0 saturated heterocycles. The van der Waals surface area contributed by atoms with Gasteiger partial charge < -0.3 is 10.3 Å². The van der Waals surface area contributed by atoms with Crippen LogP contribution in [-0.4, -0.2) is 21.7 Å². The maximum Gasteiger partial charge on any atom is 0.241 e. The fourth-order valence-corrected chi connectivity index (χ4v) is 1.53. The zero-order valence-electron chi connectivity index (χ0n) is 10.7. The Morgan fingerprint density at radius 3 is 3.00 bits per heavy atom. The number of alkyl halides is 1. The van der Waals surface area contributed by atoms with E-state index in [2.05, 4.69) is 20.7 Å². The Morgan fingerprint density at radius 2 is 2.38 bits per heavy atom. The van der Waals surface area contributed by atoms with Gasteiger partial charge in [-0.2, -0.15) is 15.3 Å². The maximum absolute atomic E-state index is 8.75. The van der Waals surface area contributed by atoms with Crippen LogP contribution in [0.15, 0.2) is 33.9 Å². The quantitative estimate of drug-likeness (QED) is 0.333. The topological polar surface area (TPSA) is 137 Å². The highest BCUT2D eigenvalue weighted by Gasteiger charge is 2.08. The lowest BCUT2D eigenvalue weighted by Gasteiger charge is -2.02. The van der Waals surface area contributed by atoms with Gasteiger partial charge >= 0.3 is 0 Å². The smallest absolute Gasteiger partial charge is 0.241 e. The lowest BCUT2D eigenvalue weighted by atomic mass is 10.2. The summed E-state index contributed by atoms with van der Waals surface area (Å²) < 4.78 is 4.93. The normalized spacial score (nSPS) is 11.0. The summed E-state index contributed by atoms with van der Waals surface area (Å²) in [5, 5.41) is 23.4. The first kappa shape index (κ1) is 14.5. The van der Waals surface area contributed by atoms with Crippen LogP contribution in [0.4, 0.5) is 5.69 Å². The van der Waals surface area contributed by atoms with Crippen LogP contribution in [0.2, 0.25) is 0 Å². The van der Waals surface area contributed by atoms with Gasteiger partial charge in [-0.25, -0.2) is 0 Å². The molecule has 0 saturated carbocycles. The van der Waals surface area contributed by atoms with Gasteiger partial charge in [0.05, 0.1) is 5.69 Å². The van der Waals surface area contributed by atoms with Gasteiger partial charge in [0, 0.05) is 5.56 Å². The molecule has 0 amide bonds. The van der Waals surface area contributed by atoms with Gasteiger partial charge in [-0.3, -0.25) is 10.8 Å². The Balaban J connectivity index is 2.22. The molecule has 0 radical (unpaired) electrons. The number of benzene rings is 1. The van der Waals surface area contributed by atoms with Crippen LogP contribution in [0.1, 0.15) is 5.89 Å². The minimum Gasteiger partial charge on any atom is -0.382 e. The SMILES string of the molecule is N#C/C(=N\Nc1cccc(-c2noc(CCl)n2)c1)C(=N)N. The van der Waals surface area contributed by atoms with Gasteiger partial charge in [0.15, 0.2) is 5.84 Å². The summed E-state index contributed by atoms with van der Waals surface area (Å²) in [6.07, 6.45) is 0. The summed E-state index contributed by atoms with van der Waals surface area (Å²) in [4.78, 5) is 4.10. The molecule has 1 heterocycles. The molecule has 1 aromatic heterocycles. The molecule has 0 atom stereocenters. The molecule has 2 rings (SSSR count). The van der Waals surface area contributed by atoms with E-state index in [4.69, 9.17) is 32.5 Å². The molecular weight excluding hydrogens is 294 g/mol. The Morgan fingerprint density at radius 1 is 1.57 bits per heavy atom. The number of aromatic nitrogens is 2. The van der Waals surface area contributed by atoms with E-state index >= 15 is 0 Å². The molecular formula is C12H10ClN7O. The second kappa shape index (κ2) is 6.49. The number of halogens is 1. The lowest BCUT2D eigenvalue weighted by molar-refractivity contribution is 0.391. The van der Waals surface area contributed by atoms with Crippen molar-refractivity contribution in [2.24, 2.45) is 10.8 Å². The molecule has 0 spiro atoms. The number of amidine groups is 1. The summed E-state index contributed by atoms with van der Waals surface area (Å²) in [6.45, 7) is 0. The van der Waals surface area contributed by atoms with Crippen LogP contribution in [0.3, 0.4) is 0 Å². The van der Waals surface area contributed by atoms with Crippen LogP contribution in [0, 0.1) is 16.7 Å². The first-order valence-corrected chi connectivity index (χ1v) is 6.24. The zero-order valence-corrected chi connectivity index (χ0v) is 11.4. The Labute approximate surface area is 124 Å². The monoisotopic (exact) mass is 303 g/mol. The fourth-order valence-electron chi connectivity index (χ4n) is 1.42. The van der Waals surface area contributed by atoms with Crippen molar-refractivity contribution < 1.29 is 4.52 Å². The summed E-state index contributed by atoms with van der Waals surface area (Å²) in [5.41, 5.74) is 8.91. The van der Waals surface area contributed by atoms with Crippen molar-refractivity contribution in [2.75, 3.05) is 5.43 Å². The van der Waals surface area contributed by atoms with Crippen molar-refractivity contribution in [3.05, 3.63) is 30.2 Å². The third kappa shape index (κ3) is 3.55. The largest absolute Gasteiger partial charge is 0.382 e. The van der Waals surface area contributed by atoms with Gasteiger partial charge in [0.1, 0.15) is 11.9 Å². The average molecular weight is 304 g/mol. The number of hydrogen-bond acceptors (Lipinski definition) is 7. The number of anilines is 1. The van der Waals surface area contributed by atoms with E-state index in [0.717, 1.165) is 0 Å². The Hall–Kier alpha value is -2.92. The molecule has 1 aromatic carbocycles. The highest BCUT2D eigenvalue weighted by atomic mass is 35.5. The molecule has 106 valence electrons. The van der Waals surface area contributed by atoms with E-state index in [1.54, 1.807) is 30.3 Å². The molecule has 8 nitrogen and oxygen atoms in total. The summed E-state index contributed by atoms with van der Waals surface area (Å²) in [6, 6.07) is 8.69. The number of nitrogens with two attached hydrogens (primary N) is 1. The van der Waals surface area contributed by atoms with E-state index in [-0.39, 0.29) is 11.6 Å². The third-order valence-corrected chi connectivity index (χ3v) is 2.59. The van der Waals surface area contributed by atoms with Gasteiger partial charge in [0.25, 0.3) is 0 Å². The van der Waals surface area contributed by atoms with Crippen molar-refractivity contribution in [1.82, 2.24) is 10.1 Å². The molecule has 9 heteroatoms. The van der Waals surface area contributed by atoms with E-state index in [9.17, 15) is 0 Å². The molecule has 0 unspecified atom stereocenters. The minimum atomic E-state index is -0.411. The second-order valence-electron chi connectivity index (χ2n) is 3.82. The van der Waals surface area contributed by atoms with Crippen molar-refractivity contribution in [1.29, 1.82) is 10.7 Å². The summed E-state index contributed by atoms with van der Waals surface area (Å²) in [7, 11) is 0. The second-order valence-corrected chi connectivity index (χ2v) is 4.09. The van der Waals surface area contributed by atoms with Gasteiger partial charge in [-0.15, -0.1) is 11.6 Å². The molecule has 2 aromatic rings. The standard InChI is InChI=1S/C12H10ClN7O/c13-5-10-17-12(20-21-10)7-2-1-3-8(4-7)18-19-9(6-14)11(15)16/h1-4,18H,5H2,(H3,15,16)/b19-9+. The van der Waals surface area contributed by atoms with Crippen LogP contribution >= 0.6 is 11.6 Å². The number of hydrogen-bond donors (Lipinski definition) is 3. The van der Waals surface area contributed by atoms with E-state index < -0.39 is 5.84 Å². The zero-order chi connectivity index (χ0) is 15.2. The first-order chi connectivity index (χ1) is 10.1. The highest BCUT2D eigenvalue weighted by molar-refractivity contribution is 6.45.